The van der Waals surface area contributed by atoms with E-state index in [2.05, 4.69) is 15.5 Å². The highest BCUT2D eigenvalue weighted by molar-refractivity contribution is 5.06. The average Bonchev–Trinajstić information content (AvgIpc) is 2.59. The van der Waals surface area contributed by atoms with Crippen molar-refractivity contribution in [1.29, 1.82) is 0 Å². The number of hydrogen-bond acceptors (Lipinski definition) is 3. The third kappa shape index (κ3) is 0.913. The maximum atomic E-state index is 5.33. The van der Waals surface area contributed by atoms with Crippen LogP contribution in [-0.2, 0) is 4.74 Å². The summed E-state index contributed by atoms with van der Waals surface area (Å²) in [6.45, 7) is 1.71. The first-order valence-electron chi connectivity index (χ1n) is 3.30. The van der Waals surface area contributed by atoms with Crippen LogP contribution in [0.5, 0.6) is 0 Å². The van der Waals surface area contributed by atoms with Gasteiger partial charge in [0.2, 0.25) is 0 Å². The molecule has 0 radical (unpaired) electrons. The first kappa shape index (κ1) is 5.88. The number of aromatic nitrogens is 2. The number of hydrogen-bond donors (Lipinski definition) is 2. The second kappa shape index (κ2) is 2.40. The van der Waals surface area contributed by atoms with Crippen LogP contribution in [0.25, 0.3) is 0 Å². The van der Waals surface area contributed by atoms with Gasteiger partial charge in [0.15, 0.2) is 0 Å². The van der Waals surface area contributed by atoms with Crippen LogP contribution in [0.1, 0.15) is 11.8 Å². The lowest BCUT2D eigenvalue weighted by atomic mass is 10.3. The molecule has 1 aliphatic rings. The van der Waals surface area contributed by atoms with Crippen LogP contribution in [0.2, 0.25) is 0 Å². The quantitative estimate of drug-likeness (QED) is 0.577. The van der Waals surface area contributed by atoms with E-state index in [9.17, 15) is 0 Å². The normalized spacial score (nSPS) is 25.4. The molecule has 0 aromatic carbocycles. The van der Waals surface area contributed by atoms with Crippen molar-refractivity contribution in [2.24, 2.45) is 0 Å². The molecule has 0 bridgehead atoms. The number of nitrogens with zero attached hydrogens (tertiary/aromatic N) is 1. The zero-order chi connectivity index (χ0) is 6.81. The van der Waals surface area contributed by atoms with Gasteiger partial charge in [-0.3, -0.25) is 10.4 Å². The summed E-state index contributed by atoms with van der Waals surface area (Å²) in [5.41, 5.74) is 1.07. The van der Waals surface area contributed by atoms with Crippen LogP contribution >= 0.6 is 0 Å². The van der Waals surface area contributed by atoms with Gasteiger partial charge in [-0.15, -0.1) is 0 Å². The fraction of sp³-hybridized carbons (Fsp3) is 0.500. The summed E-state index contributed by atoms with van der Waals surface area (Å²) >= 11 is 0. The molecule has 10 heavy (non-hydrogen) atoms. The predicted molar refractivity (Wildman–Crippen MR) is 35.3 cm³/mol. The fourth-order valence-corrected chi connectivity index (χ4v) is 1.04. The molecule has 1 fully saturated rings. The largest absolute Gasteiger partial charge is 0.358 e. The molecule has 4 heteroatoms. The Morgan fingerprint density at radius 2 is 2.70 bits per heavy atom. The third-order valence-electron chi connectivity index (χ3n) is 1.54. The molecule has 0 spiro atoms. The number of ether oxygens (including phenoxy) is 1. The zero-order valence-corrected chi connectivity index (χ0v) is 5.50. The Hall–Kier alpha value is -0.870. The van der Waals surface area contributed by atoms with Gasteiger partial charge in [0.25, 0.3) is 0 Å². The molecule has 1 aromatic heterocycles. The Kier molecular flexibility index (Phi) is 1.41. The van der Waals surface area contributed by atoms with Gasteiger partial charge in [-0.05, 0) is 0 Å². The van der Waals surface area contributed by atoms with Gasteiger partial charge >= 0.3 is 0 Å². The van der Waals surface area contributed by atoms with Gasteiger partial charge in [0.1, 0.15) is 6.23 Å². The van der Waals surface area contributed by atoms with Crippen molar-refractivity contribution in [3.05, 3.63) is 18.0 Å². The van der Waals surface area contributed by atoms with E-state index in [1.165, 1.54) is 0 Å². The minimum absolute atomic E-state index is 0.0544. The Balaban J connectivity index is 2.12. The third-order valence-corrected chi connectivity index (χ3v) is 1.54. The highest BCUT2D eigenvalue weighted by atomic mass is 16.5. The molecule has 0 aliphatic carbocycles. The van der Waals surface area contributed by atoms with Crippen LogP contribution in [0.4, 0.5) is 0 Å². The Morgan fingerprint density at radius 3 is 3.30 bits per heavy atom. The molecule has 1 unspecified atom stereocenters. The van der Waals surface area contributed by atoms with E-state index in [-0.39, 0.29) is 6.23 Å². The van der Waals surface area contributed by atoms with Crippen LogP contribution in [0.15, 0.2) is 12.4 Å². The molecule has 1 aliphatic heterocycles. The molecule has 1 saturated heterocycles. The second-order valence-electron chi connectivity index (χ2n) is 2.24. The molecule has 2 rings (SSSR count). The zero-order valence-electron chi connectivity index (χ0n) is 5.50. The number of nitrogens with one attached hydrogen (secondary N) is 2. The van der Waals surface area contributed by atoms with Crippen LogP contribution < -0.4 is 5.32 Å². The molecular weight excluding hydrogens is 130 g/mol. The number of H-pyrrole nitrogens is 1. The molecule has 2 heterocycles. The van der Waals surface area contributed by atoms with Crippen molar-refractivity contribution in [2.75, 3.05) is 13.2 Å². The van der Waals surface area contributed by atoms with Gasteiger partial charge in [-0.25, -0.2) is 0 Å². The Bertz CT molecular complexity index is 191. The highest BCUT2D eigenvalue weighted by Crippen LogP contribution is 2.14. The van der Waals surface area contributed by atoms with Crippen molar-refractivity contribution in [3.63, 3.8) is 0 Å². The Labute approximate surface area is 58.6 Å². The molecule has 1 aromatic rings. The number of aromatic amines is 1. The minimum atomic E-state index is 0.0544. The summed E-state index contributed by atoms with van der Waals surface area (Å²) in [7, 11) is 0. The maximum absolute atomic E-state index is 5.33. The van der Waals surface area contributed by atoms with E-state index in [1.807, 2.05) is 6.20 Å². The molecule has 54 valence electrons. The summed E-state index contributed by atoms with van der Waals surface area (Å²) < 4.78 is 5.33. The van der Waals surface area contributed by atoms with Gasteiger partial charge in [-0.1, -0.05) is 0 Å². The topological polar surface area (TPSA) is 49.9 Å². The highest BCUT2D eigenvalue weighted by Gasteiger charge is 2.16. The van der Waals surface area contributed by atoms with Crippen molar-refractivity contribution in [1.82, 2.24) is 15.5 Å². The average molecular weight is 139 g/mol. The minimum Gasteiger partial charge on any atom is -0.358 e. The summed E-state index contributed by atoms with van der Waals surface area (Å²) in [5, 5.41) is 9.74. The van der Waals surface area contributed by atoms with Crippen LogP contribution in [0.3, 0.4) is 0 Å². The molecule has 0 amide bonds. The van der Waals surface area contributed by atoms with Crippen molar-refractivity contribution in [3.8, 4) is 0 Å². The van der Waals surface area contributed by atoms with Gasteiger partial charge in [0, 0.05) is 18.3 Å². The Morgan fingerprint density at radius 1 is 1.70 bits per heavy atom. The first-order chi connectivity index (χ1) is 4.97. The molecule has 4 nitrogen and oxygen atoms in total. The SMILES string of the molecule is c1n[nH]cc1C1NCCO1. The van der Waals surface area contributed by atoms with E-state index in [0.717, 1.165) is 18.7 Å². The van der Waals surface area contributed by atoms with Crippen molar-refractivity contribution >= 4 is 0 Å². The van der Waals surface area contributed by atoms with E-state index >= 15 is 0 Å². The van der Waals surface area contributed by atoms with E-state index in [0.29, 0.717) is 0 Å². The van der Waals surface area contributed by atoms with Gasteiger partial charge in [0.05, 0.1) is 12.8 Å². The maximum Gasteiger partial charge on any atom is 0.137 e. The predicted octanol–water partition coefficient (Wildman–Crippen LogP) is 0.0281. The molecule has 1 atom stereocenters. The first-order valence-corrected chi connectivity index (χ1v) is 3.30. The van der Waals surface area contributed by atoms with E-state index in [1.54, 1.807) is 6.20 Å². The summed E-state index contributed by atoms with van der Waals surface area (Å²) in [6.07, 6.45) is 3.66. The summed E-state index contributed by atoms with van der Waals surface area (Å²) in [5.74, 6) is 0. The lowest BCUT2D eigenvalue weighted by Gasteiger charge is -2.04. The van der Waals surface area contributed by atoms with Crippen molar-refractivity contribution in [2.45, 2.75) is 6.23 Å². The smallest absolute Gasteiger partial charge is 0.137 e. The van der Waals surface area contributed by atoms with Crippen molar-refractivity contribution < 1.29 is 4.74 Å². The monoisotopic (exact) mass is 139 g/mol. The fourth-order valence-electron chi connectivity index (χ4n) is 1.04. The molecular formula is C6H9N3O. The summed E-state index contributed by atoms with van der Waals surface area (Å²) in [4.78, 5) is 0. The van der Waals surface area contributed by atoms with Crippen LogP contribution in [0, 0.1) is 0 Å². The summed E-state index contributed by atoms with van der Waals surface area (Å²) in [6, 6.07) is 0. The van der Waals surface area contributed by atoms with Gasteiger partial charge in [-0.2, -0.15) is 5.10 Å². The molecule has 2 N–H and O–H groups in total. The second-order valence-corrected chi connectivity index (χ2v) is 2.24. The van der Waals surface area contributed by atoms with E-state index < -0.39 is 0 Å². The lowest BCUT2D eigenvalue weighted by molar-refractivity contribution is 0.102. The number of rotatable bonds is 1. The molecule has 0 saturated carbocycles. The lowest BCUT2D eigenvalue weighted by Crippen LogP contribution is -2.12. The van der Waals surface area contributed by atoms with Crippen LogP contribution in [-0.4, -0.2) is 23.3 Å². The van der Waals surface area contributed by atoms with E-state index in [4.69, 9.17) is 4.74 Å². The standard InChI is InChI=1S/C6H9N3O/c1-2-10-6(7-1)5-3-8-9-4-5/h3-4,6-7H,1-2H2,(H,8,9). The van der Waals surface area contributed by atoms with Gasteiger partial charge < -0.3 is 4.74 Å².